The summed E-state index contributed by atoms with van der Waals surface area (Å²) in [7, 11) is -2.22. The largest absolute Gasteiger partial charge is 0.496 e. The van der Waals surface area contributed by atoms with Crippen LogP contribution in [0.15, 0.2) is 64.2 Å². The first kappa shape index (κ1) is 18.6. The molecule has 0 saturated carbocycles. The molecule has 0 atom stereocenters. The highest BCUT2D eigenvalue weighted by Crippen LogP contribution is 2.31. The summed E-state index contributed by atoms with van der Waals surface area (Å²) >= 11 is 0. The zero-order valence-corrected chi connectivity index (χ0v) is 15.2. The number of nitrogens with two attached hydrogens (primary N) is 1. The lowest BCUT2D eigenvalue weighted by atomic mass is 10.1. The Labute approximate surface area is 156 Å². The molecule has 0 saturated heterocycles. The van der Waals surface area contributed by atoms with Crippen LogP contribution in [0.3, 0.4) is 0 Å². The van der Waals surface area contributed by atoms with Crippen LogP contribution in [0.2, 0.25) is 0 Å². The van der Waals surface area contributed by atoms with Crippen molar-refractivity contribution in [2.24, 2.45) is 5.14 Å². The van der Waals surface area contributed by atoms with E-state index in [1.54, 1.807) is 30.3 Å². The molecule has 1 amide bonds. The highest BCUT2D eigenvalue weighted by atomic mass is 32.2. The second kappa shape index (κ2) is 7.60. The molecule has 1 heterocycles. The number of carbonyl (C=O) groups excluding carboxylic acids is 1. The van der Waals surface area contributed by atoms with Crippen molar-refractivity contribution in [1.82, 2.24) is 10.3 Å². The van der Waals surface area contributed by atoms with Gasteiger partial charge in [-0.2, -0.15) is 0 Å². The van der Waals surface area contributed by atoms with Gasteiger partial charge in [-0.15, -0.1) is 0 Å². The Morgan fingerprint density at radius 3 is 2.56 bits per heavy atom. The van der Waals surface area contributed by atoms with E-state index in [0.717, 1.165) is 0 Å². The molecule has 2 aromatic carbocycles. The van der Waals surface area contributed by atoms with Gasteiger partial charge in [-0.1, -0.05) is 24.3 Å². The van der Waals surface area contributed by atoms with Gasteiger partial charge in [0.1, 0.15) is 5.75 Å². The number of nitrogens with one attached hydrogen (secondary N) is 1. The highest BCUT2D eigenvalue weighted by molar-refractivity contribution is 7.89. The predicted octanol–water partition coefficient (Wildman–Crippen LogP) is 1.93. The average molecular weight is 387 g/mol. The van der Waals surface area contributed by atoms with Crippen molar-refractivity contribution >= 4 is 15.9 Å². The Morgan fingerprint density at radius 2 is 1.89 bits per heavy atom. The number of oxazole rings is 1. The number of sulfonamides is 1. The Hall–Kier alpha value is -3.17. The lowest BCUT2D eigenvalue weighted by Crippen LogP contribution is -2.23. The third kappa shape index (κ3) is 4.15. The minimum atomic E-state index is -3.75. The van der Waals surface area contributed by atoms with Crippen molar-refractivity contribution in [2.45, 2.75) is 11.4 Å². The third-order valence-electron chi connectivity index (χ3n) is 3.84. The summed E-state index contributed by atoms with van der Waals surface area (Å²) in [5.41, 5.74) is 1.44. The van der Waals surface area contributed by atoms with E-state index in [1.807, 2.05) is 6.07 Å². The van der Waals surface area contributed by atoms with Crippen molar-refractivity contribution < 1.29 is 22.4 Å². The zero-order valence-electron chi connectivity index (χ0n) is 14.4. The molecule has 3 aromatic rings. The molecule has 27 heavy (non-hydrogen) atoms. The molecule has 8 nitrogen and oxygen atoms in total. The van der Waals surface area contributed by atoms with E-state index < -0.39 is 15.9 Å². The van der Waals surface area contributed by atoms with Crippen LogP contribution in [0, 0.1) is 0 Å². The molecule has 0 spiro atoms. The molecule has 0 aliphatic rings. The van der Waals surface area contributed by atoms with Crippen molar-refractivity contribution in [2.75, 3.05) is 7.11 Å². The third-order valence-corrected chi connectivity index (χ3v) is 4.77. The first-order valence-corrected chi connectivity index (χ1v) is 9.41. The fourth-order valence-corrected chi connectivity index (χ4v) is 3.01. The quantitative estimate of drug-likeness (QED) is 0.666. The lowest BCUT2D eigenvalue weighted by molar-refractivity contribution is 0.0946. The Bertz CT molecular complexity index is 1060. The molecule has 0 aliphatic heterocycles. The van der Waals surface area contributed by atoms with E-state index in [2.05, 4.69) is 10.3 Å². The second-order valence-electron chi connectivity index (χ2n) is 5.60. The number of para-hydroxylation sites is 1. The smallest absolute Gasteiger partial charge is 0.274 e. The number of aromatic nitrogens is 1. The second-order valence-corrected chi connectivity index (χ2v) is 7.16. The molecule has 3 rings (SSSR count). The molecular weight excluding hydrogens is 370 g/mol. The number of ether oxygens (including phenoxy) is 1. The van der Waals surface area contributed by atoms with Crippen molar-refractivity contribution in [3.05, 3.63) is 66.2 Å². The lowest BCUT2D eigenvalue weighted by Gasteiger charge is -2.08. The van der Waals surface area contributed by atoms with Gasteiger partial charge in [0.25, 0.3) is 5.91 Å². The molecule has 1 aromatic heterocycles. The monoisotopic (exact) mass is 387 g/mol. The van der Waals surface area contributed by atoms with Crippen LogP contribution in [0.25, 0.3) is 11.3 Å². The van der Waals surface area contributed by atoms with Gasteiger partial charge in [0.2, 0.25) is 10.0 Å². The molecule has 0 radical (unpaired) electrons. The van der Waals surface area contributed by atoms with Gasteiger partial charge in [-0.25, -0.2) is 18.5 Å². The summed E-state index contributed by atoms with van der Waals surface area (Å²) in [5, 5.41) is 7.79. The van der Waals surface area contributed by atoms with E-state index in [9.17, 15) is 13.2 Å². The predicted molar refractivity (Wildman–Crippen MR) is 97.5 cm³/mol. The van der Waals surface area contributed by atoms with Crippen molar-refractivity contribution in [3.63, 3.8) is 0 Å². The normalized spacial score (nSPS) is 11.2. The maximum atomic E-state index is 12.5. The highest BCUT2D eigenvalue weighted by Gasteiger charge is 2.20. The van der Waals surface area contributed by atoms with Crippen LogP contribution in [0.4, 0.5) is 0 Å². The number of methoxy groups -OCH3 is 1. The van der Waals surface area contributed by atoms with Gasteiger partial charge in [-0.3, -0.25) is 4.79 Å². The number of primary sulfonamides is 1. The molecule has 0 bridgehead atoms. The number of rotatable bonds is 6. The molecular formula is C18H17N3O5S. The van der Waals surface area contributed by atoms with Gasteiger partial charge < -0.3 is 14.5 Å². The molecule has 140 valence electrons. The Balaban J connectivity index is 1.76. The van der Waals surface area contributed by atoms with Crippen LogP contribution in [-0.4, -0.2) is 26.4 Å². The van der Waals surface area contributed by atoms with E-state index in [1.165, 1.54) is 25.6 Å². The topological polar surface area (TPSA) is 125 Å². The summed E-state index contributed by atoms with van der Waals surface area (Å²) in [5.74, 6) is 0.427. The van der Waals surface area contributed by atoms with Gasteiger partial charge in [0.05, 0.1) is 17.6 Å². The molecule has 3 N–H and O–H groups in total. The first-order valence-electron chi connectivity index (χ1n) is 7.87. The fraction of sp³-hybridized carbons (Fsp3) is 0.111. The Kier molecular flexibility index (Phi) is 5.24. The van der Waals surface area contributed by atoms with Gasteiger partial charge in [0, 0.05) is 6.54 Å². The summed E-state index contributed by atoms with van der Waals surface area (Å²) in [6.07, 6.45) is 1.19. The maximum absolute atomic E-state index is 12.5. The molecule has 0 fully saturated rings. The summed E-state index contributed by atoms with van der Waals surface area (Å²) in [4.78, 5) is 16.5. The number of nitrogens with zero attached hydrogens (tertiary/aromatic N) is 1. The first-order chi connectivity index (χ1) is 12.9. The van der Waals surface area contributed by atoms with Gasteiger partial charge in [-0.05, 0) is 29.8 Å². The zero-order chi connectivity index (χ0) is 19.4. The van der Waals surface area contributed by atoms with Crippen LogP contribution in [0.5, 0.6) is 5.75 Å². The van der Waals surface area contributed by atoms with E-state index >= 15 is 0 Å². The Morgan fingerprint density at radius 1 is 1.19 bits per heavy atom. The van der Waals surface area contributed by atoms with E-state index in [0.29, 0.717) is 22.6 Å². The number of hydrogen-bond acceptors (Lipinski definition) is 6. The molecule has 0 unspecified atom stereocenters. The number of carbonyl (C=O) groups is 1. The maximum Gasteiger partial charge on any atom is 0.274 e. The van der Waals surface area contributed by atoms with Crippen LogP contribution in [0.1, 0.15) is 16.1 Å². The summed E-state index contributed by atoms with van der Waals surface area (Å²) < 4.78 is 33.2. The van der Waals surface area contributed by atoms with Crippen LogP contribution in [-0.2, 0) is 16.6 Å². The number of hydrogen-bond donors (Lipinski definition) is 2. The fourth-order valence-electron chi connectivity index (χ4n) is 2.49. The SMILES string of the molecule is COc1ccccc1-c1ocnc1C(=O)NCc1ccc(S(N)(=O)=O)cc1. The van der Waals surface area contributed by atoms with Gasteiger partial charge >= 0.3 is 0 Å². The summed E-state index contributed by atoms with van der Waals surface area (Å²) in [6, 6.07) is 13.0. The minimum absolute atomic E-state index is 0.00698. The average Bonchev–Trinajstić information content (AvgIpc) is 3.15. The van der Waals surface area contributed by atoms with Gasteiger partial charge in [0.15, 0.2) is 17.8 Å². The van der Waals surface area contributed by atoms with E-state index in [4.69, 9.17) is 14.3 Å². The summed E-state index contributed by atoms with van der Waals surface area (Å²) in [6.45, 7) is 0.182. The van der Waals surface area contributed by atoms with E-state index in [-0.39, 0.29) is 17.1 Å². The van der Waals surface area contributed by atoms with Crippen molar-refractivity contribution in [1.29, 1.82) is 0 Å². The van der Waals surface area contributed by atoms with Crippen molar-refractivity contribution in [3.8, 4) is 17.1 Å². The molecule has 9 heteroatoms. The van der Waals surface area contributed by atoms with Crippen LogP contribution < -0.4 is 15.2 Å². The number of benzene rings is 2. The number of amides is 1. The molecule has 0 aliphatic carbocycles. The standard InChI is InChI=1S/C18H17N3O5S/c1-25-15-5-3-2-4-14(15)17-16(21-11-26-17)18(22)20-10-12-6-8-13(9-7-12)27(19,23)24/h2-9,11H,10H2,1H3,(H,20,22)(H2,19,23,24). The minimum Gasteiger partial charge on any atom is -0.496 e. The van der Waals surface area contributed by atoms with Crippen LogP contribution >= 0.6 is 0 Å².